The molecule has 2 aromatic rings. The summed E-state index contributed by atoms with van der Waals surface area (Å²) in [6.45, 7) is 7.47. The van der Waals surface area contributed by atoms with Crippen LogP contribution in [0.2, 0.25) is 0 Å². The number of carbonyl (C=O) groups excluding carboxylic acids is 1. The number of aromatic nitrogens is 1. The molecule has 0 unspecified atom stereocenters. The van der Waals surface area contributed by atoms with Gasteiger partial charge in [0.15, 0.2) is 6.29 Å². The quantitative estimate of drug-likeness (QED) is 0.736. The molecule has 1 aromatic carbocycles. The van der Waals surface area contributed by atoms with Crippen LogP contribution in [0.5, 0.6) is 0 Å². The van der Waals surface area contributed by atoms with Gasteiger partial charge < -0.3 is 14.7 Å². The number of carbonyl (C=O) groups is 1. The Bertz CT molecular complexity index is 887. The molecule has 0 amide bonds. The highest BCUT2D eigenvalue weighted by atomic mass is 19.1. The second-order valence-corrected chi connectivity index (χ2v) is 8.18. The number of halogens is 1. The lowest BCUT2D eigenvalue weighted by atomic mass is 9.96. The normalized spacial score (nSPS) is 18.2. The van der Waals surface area contributed by atoms with Gasteiger partial charge in [-0.2, -0.15) is 0 Å². The van der Waals surface area contributed by atoms with E-state index in [9.17, 15) is 9.18 Å². The average molecular weight is 397 g/mol. The Morgan fingerprint density at radius 2 is 1.66 bits per heavy atom. The number of aryl methyl sites for hydroxylation is 1. The number of pyridine rings is 1. The van der Waals surface area contributed by atoms with E-state index in [0.717, 1.165) is 86.6 Å². The molecule has 0 atom stereocenters. The summed E-state index contributed by atoms with van der Waals surface area (Å²) in [6, 6.07) is 6.99. The van der Waals surface area contributed by atoms with Crippen LogP contribution in [0.15, 0.2) is 24.3 Å². The molecule has 1 aromatic heterocycles. The van der Waals surface area contributed by atoms with Crippen molar-refractivity contribution in [3.63, 3.8) is 0 Å². The smallest absolute Gasteiger partial charge is 0.170 e. The predicted molar refractivity (Wildman–Crippen MR) is 116 cm³/mol. The molecule has 2 saturated heterocycles. The molecule has 0 aliphatic carbocycles. The number of piperidine rings is 1. The van der Waals surface area contributed by atoms with Crippen molar-refractivity contribution in [1.29, 1.82) is 0 Å². The molecule has 4 rings (SSSR count). The Kier molecular flexibility index (Phi) is 5.81. The predicted octanol–water partition coefficient (Wildman–Crippen LogP) is 3.75. The lowest BCUT2D eigenvalue weighted by Crippen LogP contribution is -2.45. The van der Waals surface area contributed by atoms with E-state index in [4.69, 9.17) is 4.98 Å². The first-order valence-electron chi connectivity index (χ1n) is 10.5. The maximum Gasteiger partial charge on any atom is 0.170 e. The molecule has 2 aliphatic rings. The van der Waals surface area contributed by atoms with Crippen LogP contribution >= 0.6 is 0 Å². The Morgan fingerprint density at radius 1 is 0.931 bits per heavy atom. The fourth-order valence-corrected chi connectivity index (χ4v) is 4.41. The van der Waals surface area contributed by atoms with Crippen molar-refractivity contribution in [3.05, 3.63) is 41.3 Å². The van der Waals surface area contributed by atoms with Crippen LogP contribution in [0.25, 0.3) is 11.1 Å². The van der Waals surface area contributed by atoms with Crippen LogP contribution in [0.3, 0.4) is 0 Å². The fourth-order valence-electron chi connectivity index (χ4n) is 4.41. The summed E-state index contributed by atoms with van der Waals surface area (Å²) in [5.74, 6) is 0.592. The zero-order valence-electron chi connectivity index (χ0n) is 17.3. The van der Waals surface area contributed by atoms with Gasteiger partial charge in [-0.1, -0.05) is 6.07 Å². The number of hydrogen-bond donors (Lipinski definition) is 0. The van der Waals surface area contributed by atoms with E-state index in [1.165, 1.54) is 12.5 Å². The number of rotatable bonds is 4. The number of likely N-dealkylation sites (N-methyl/N-ethyl adjacent to an activating group) is 1. The van der Waals surface area contributed by atoms with E-state index in [0.29, 0.717) is 5.69 Å². The maximum atomic E-state index is 13.8. The summed E-state index contributed by atoms with van der Waals surface area (Å²) >= 11 is 0. The third-order valence-corrected chi connectivity index (χ3v) is 6.10. The number of piperazine rings is 1. The Balaban J connectivity index is 1.85. The van der Waals surface area contributed by atoms with Crippen LogP contribution < -0.4 is 9.80 Å². The Morgan fingerprint density at radius 3 is 2.31 bits per heavy atom. The Hall–Kier alpha value is -2.47. The lowest BCUT2D eigenvalue weighted by Gasteiger charge is -2.35. The molecule has 0 N–H and O–H groups in total. The summed E-state index contributed by atoms with van der Waals surface area (Å²) < 4.78 is 13.8. The molecule has 0 bridgehead atoms. The van der Waals surface area contributed by atoms with Crippen LogP contribution in [-0.2, 0) is 0 Å². The van der Waals surface area contributed by atoms with E-state index >= 15 is 0 Å². The number of hydrogen-bond acceptors (Lipinski definition) is 5. The highest BCUT2D eigenvalue weighted by molar-refractivity contribution is 5.93. The third kappa shape index (κ3) is 4.13. The van der Waals surface area contributed by atoms with Gasteiger partial charge in [0.05, 0.1) is 5.69 Å². The minimum absolute atomic E-state index is 0.241. The molecule has 3 heterocycles. The summed E-state index contributed by atoms with van der Waals surface area (Å²) in [5.41, 5.74) is 4.20. The van der Waals surface area contributed by atoms with Gasteiger partial charge in [0, 0.05) is 44.8 Å². The van der Waals surface area contributed by atoms with E-state index in [-0.39, 0.29) is 5.82 Å². The molecular weight excluding hydrogens is 367 g/mol. The molecule has 2 aliphatic heterocycles. The van der Waals surface area contributed by atoms with Crippen molar-refractivity contribution >= 4 is 17.8 Å². The second-order valence-electron chi connectivity index (χ2n) is 8.18. The van der Waals surface area contributed by atoms with Gasteiger partial charge >= 0.3 is 0 Å². The largest absolute Gasteiger partial charge is 0.369 e. The van der Waals surface area contributed by atoms with Crippen molar-refractivity contribution in [2.45, 2.75) is 26.2 Å². The molecule has 29 heavy (non-hydrogen) atoms. The zero-order valence-corrected chi connectivity index (χ0v) is 17.3. The Labute approximate surface area is 172 Å². The van der Waals surface area contributed by atoms with Crippen molar-refractivity contribution in [2.75, 3.05) is 56.1 Å². The maximum absolute atomic E-state index is 13.8. The van der Waals surface area contributed by atoms with Gasteiger partial charge in [0.1, 0.15) is 17.3 Å². The van der Waals surface area contributed by atoms with Crippen molar-refractivity contribution in [2.24, 2.45) is 0 Å². The summed E-state index contributed by atoms with van der Waals surface area (Å²) in [4.78, 5) is 23.7. The summed E-state index contributed by atoms with van der Waals surface area (Å²) in [5, 5.41) is 0. The van der Waals surface area contributed by atoms with Crippen molar-refractivity contribution in [3.8, 4) is 11.1 Å². The van der Waals surface area contributed by atoms with Crippen LogP contribution in [0, 0.1) is 12.7 Å². The fraction of sp³-hybridized carbons (Fsp3) is 0.478. The number of nitrogens with zero attached hydrogens (tertiary/aromatic N) is 4. The summed E-state index contributed by atoms with van der Waals surface area (Å²) in [6.07, 6.45) is 4.32. The lowest BCUT2D eigenvalue weighted by molar-refractivity contribution is 0.111. The first kappa shape index (κ1) is 19.8. The van der Waals surface area contributed by atoms with E-state index in [2.05, 4.69) is 27.8 Å². The topological polar surface area (TPSA) is 39.7 Å². The second kappa shape index (κ2) is 8.49. The number of anilines is 2. The zero-order chi connectivity index (χ0) is 20.4. The molecule has 154 valence electrons. The average Bonchev–Trinajstić information content (AvgIpc) is 2.74. The van der Waals surface area contributed by atoms with Gasteiger partial charge in [-0.3, -0.25) is 4.79 Å². The van der Waals surface area contributed by atoms with Crippen molar-refractivity contribution < 1.29 is 9.18 Å². The van der Waals surface area contributed by atoms with Gasteiger partial charge in [0.25, 0.3) is 0 Å². The standard InChI is InChI=1S/C23H29FN4O/c1-17-14-18(24)6-7-19(17)20-15-22(27-12-10-26(2)11-13-27)25-21(16-29)23(20)28-8-4-3-5-9-28/h6-7,14-16H,3-5,8-13H2,1-2H3. The number of benzene rings is 1. The third-order valence-electron chi connectivity index (χ3n) is 6.10. The minimum Gasteiger partial charge on any atom is -0.369 e. The minimum atomic E-state index is -0.241. The monoisotopic (exact) mass is 396 g/mol. The number of aldehydes is 1. The van der Waals surface area contributed by atoms with Gasteiger partial charge in [0.2, 0.25) is 0 Å². The first-order valence-corrected chi connectivity index (χ1v) is 10.5. The molecule has 5 nitrogen and oxygen atoms in total. The van der Waals surface area contributed by atoms with Gasteiger partial charge in [-0.05, 0) is 62.6 Å². The van der Waals surface area contributed by atoms with E-state index in [1.54, 1.807) is 6.07 Å². The molecule has 0 radical (unpaired) electrons. The van der Waals surface area contributed by atoms with Gasteiger partial charge in [-0.15, -0.1) is 0 Å². The molecule has 2 fully saturated rings. The van der Waals surface area contributed by atoms with E-state index in [1.807, 2.05) is 13.0 Å². The van der Waals surface area contributed by atoms with Crippen LogP contribution in [0.1, 0.15) is 35.3 Å². The van der Waals surface area contributed by atoms with Crippen LogP contribution in [0.4, 0.5) is 15.9 Å². The molecule has 0 saturated carbocycles. The molecule has 0 spiro atoms. The summed E-state index contributed by atoms with van der Waals surface area (Å²) in [7, 11) is 2.12. The first-order chi connectivity index (χ1) is 14.1. The highest BCUT2D eigenvalue weighted by Gasteiger charge is 2.24. The highest BCUT2D eigenvalue weighted by Crippen LogP contribution is 2.38. The van der Waals surface area contributed by atoms with Crippen molar-refractivity contribution in [1.82, 2.24) is 9.88 Å². The van der Waals surface area contributed by atoms with Gasteiger partial charge in [-0.25, -0.2) is 9.37 Å². The van der Waals surface area contributed by atoms with E-state index < -0.39 is 0 Å². The van der Waals surface area contributed by atoms with Crippen LogP contribution in [-0.4, -0.2) is 62.5 Å². The SMILES string of the molecule is Cc1cc(F)ccc1-c1cc(N2CCN(C)CC2)nc(C=O)c1N1CCCCC1. The molecule has 6 heteroatoms. The molecular formula is C23H29FN4O.